The SMILES string of the molecule is CCCCCCC(CCCCCC)C(SSC)C(F)(F)F. The minimum Gasteiger partial charge on any atom is -0.170 e. The van der Waals surface area contributed by atoms with E-state index in [9.17, 15) is 13.2 Å². The van der Waals surface area contributed by atoms with Crippen molar-refractivity contribution in [3.05, 3.63) is 0 Å². The van der Waals surface area contributed by atoms with Gasteiger partial charge in [-0.05, 0) is 25.0 Å². The van der Waals surface area contributed by atoms with Gasteiger partial charge in [0.15, 0.2) is 0 Å². The molecule has 0 aliphatic carbocycles. The Hall–Kier alpha value is 0.490. The molecule has 1 unspecified atom stereocenters. The van der Waals surface area contributed by atoms with E-state index < -0.39 is 11.4 Å². The summed E-state index contributed by atoms with van der Waals surface area (Å²) in [5, 5.41) is -1.20. The fraction of sp³-hybridized carbons (Fsp3) is 1.00. The largest absolute Gasteiger partial charge is 0.401 e. The van der Waals surface area contributed by atoms with Crippen LogP contribution in [0, 0.1) is 5.92 Å². The molecule has 0 aliphatic rings. The van der Waals surface area contributed by atoms with E-state index in [2.05, 4.69) is 13.8 Å². The third kappa shape index (κ3) is 10.8. The van der Waals surface area contributed by atoms with Gasteiger partial charge in [-0.2, -0.15) is 13.2 Å². The molecule has 0 fully saturated rings. The average molecular weight is 345 g/mol. The first kappa shape index (κ1) is 21.5. The predicted octanol–water partition coefficient (Wildman–Crippen LogP) is 7.49. The Balaban J connectivity index is 4.48. The molecule has 0 saturated heterocycles. The second-order valence-electron chi connectivity index (χ2n) is 5.68. The van der Waals surface area contributed by atoms with Crippen molar-refractivity contribution < 1.29 is 13.2 Å². The number of hydrogen-bond acceptors (Lipinski definition) is 2. The van der Waals surface area contributed by atoms with Crippen molar-refractivity contribution in [2.75, 3.05) is 6.26 Å². The van der Waals surface area contributed by atoms with Crippen LogP contribution in [0.2, 0.25) is 0 Å². The third-order valence-corrected chi connectivity index (χ3v) is 6.06. The predicted molar refractivity (Wildman–Crippen MR) is 92.0 cm³/mol. The second kappa shape index (κ2) is 13.0. The number of unbranched alkanes of at least 4 members (excludes halogenated alkanes) is 6. The van der Waals surface area contributed by atoms with Crippen LogP contribution in [0.4, 0.5) is 13.2 Å². The van der Waals surface area contributed by atoms with Crippen molar-refractivity contribution in [1.29, 1.82) is 0 Å². The van der Waals surface area contributed by atoms with Crippen molar-refractivity contribution in [1.82, 2.24) is 0 Å². The quantitative estimate of drug-likeness (QED) is 0.251. The van der Waals surface area contributed by atoms with Gasteiger partial charge in [-0.3, -0.25) is 0 Å². The molecule has 21 heavy (non-hydrogen) atoms. The second-order valence-corrected chi connectivity index (χ2v) is 8.29. The lowest BCUT2D eigenvalue weighted by Crippen LogP contribution is -2.33. The van der Waals surface area contributed by atoms with E-state index in [-0.39, 0.29) is 5.92 Å². The molecule has 128 valence electrons. The highest BCUT2D eigenvalue weighted by molar-refractivity contribution is 8.76. The molecule has 0 N–H and O–H groups in total. The lowest BCUT2D eigenvalue weighted by molar-refractivity contribution is -0.138. The first-order chi connectivity index (χ1) is 9.97. The molecule has 0 rings (SSSR count). The summed E-state index contributed by atoms with van der Waals surface area (Å²) in [5.74, 6) is -0.212. The first-order valence-electron chi connectivity index (χ1n) is 8.23. The van der Waals surface area contributed by atoms with E-state index >= 15 is 0 Å². The van der Waals surface area contributed by atoms with Gasteiger partial charge in [0.1, 0.15) is 5.25 Å². The van der Waals surface area contributed by atoms with Crippen molar-refractivity contribution in [3.8, 4) is 0 Å². The summed E-state index contributed by atoms with van der Waals surface area (Å²) in [7, 11) is 2.26. The Morgan fingerprint density at radius 2 is 1.29 bits per heavy atom. The summed E-state index contributed by atoms with van der Waals surface area (Å²) in [6, 6.07) is 0. The van der Waals surface area contributed by atoms with Crippen LogP contribution in [-0.2, 0) is 0 Å². The summed E-state index contributed by atoms with van der Waals surface area (Å²) in [6.45, 7) is 4.26. The van der Waals surface area contributed by atoms with Crippen molar-refractivity contribution in [2.24, 2.45) is 5.92 Å². The van der Waals surface area contributed by atoms with Crippen LogP contribution in [0.25, 0.3) is 0 Å². The van der Waals surface area contributed by atoms with Crippen LogP contribution in [-0.4, -0.2) is 17.7 Å². The number of halogens is 3. The van der Waals surface area contributed by atoms with Crippen LogP contribution in [0.5, 0.6) is 0 Å². The maximum Gasteiger partial charge on any atom is 0.401 e. The zero-order valence-electron chi connectivity index (χ0n) is 13.7. The van der Waals surface area contributed by atoms with Crippen molar-refractivity contribution in [2.45, 2.75) is 89.5 Å². The molecular weight excluding hydrogens is 313 g/mol. The van der Waals surface area contributed by atoms with E-state index in [4.69, 9.17) is 0 Å². The van der Waals surface area contributed by atoms with E-state index in [1.54, 1.807) is 6.26 Å². The van der Waals surface area contributed by atoms with Crippen LogP contribution in [0.3, 0.4) is 0 Å². The number of rotatable bonds is 13. The van der Waals surface area contributed by atoms with Crippen molar-refractivity contribution >= 4 is 21.6 Å². The van der Waals surface area contributed by atoms with E-state index in [0.29, 0.717) is 0 Å². The normalized spacial score (nSPS) is 13.9. The molecule has 0 amide bonds. The van der Waals surface area contributed by atoms with E-state index in [1.807, 2.05) is 0 Å². The summed E-state index contributed by atoms with van der Waals surface area (Å²) in [6.07, 6.45) is 7.65. The number of alkyl halides is 3. The van der Waals surface area contributed by atoms with Gasteiger partial charge in [0.05, 0.1) is 0 Å². The van der Waals surface area contributed by atoms with Crippen LogP contribution in [0.15, 0.2) is 0 Å². The zero-order chi connectivity index (χ0) is 16.1. The Kier molecular flexibility index (Phi) is 13.3. The highest BCUT2D eigenvalue weighted by Crippen LogP contribution is 2.43. The van der Waals surface area contributed by atoms with Gasteiger partial charge in [0, 0.05) is 0 Å². The molecule has 0 nitrogen and oxygen atoms in total. The maximum atomic E-state index is 13.3. The highest BCUT2D eigenvalue weighted by atomic mass is 33.1. The summed E-state index contributed by atoms with van der Waals surface area (Å²) in [4.78, 5) is 0. The summed E-state index contributed by atoms with van der Waals surface area (Å²) in [5.41, 5.74) is 0. The lowest BCUT2D eigenvalue weighted by Gasteiger charge is -2.28. The Labute approximate surface area is 136 Å². The van der Waals surface area contributed by atoms with Gasteiger partial charge in [-0.1, -0.05) is 86.8 Å². The Bertz CT molecular complexity index is 220. The van der Waals surface area contributed by atoms with Gasteiger partial charge in [0.25, 0.3) is 0 Å². The summed E-state index contributed by atoms with van der Waals surface area (Å²) >= 11 is 0. The fourth-order valence-electron chi connectivity index (χ4n) is 2.62. The minimum atomic E-state index is -4.08. The Morgan fingerprint density at radius 1 is 0.810 bits per heavy atom. The maximum absolute atomic E-state index is 13.3. The molecule has 0 aliphatic heterocycles. The highest BCUT2D eigenvalue weighted by Gasteiger charge is 2.44. The topological polar surface area (TPSA) is 0 Å². The zero-order valence-corrected chi connectivity index (χ0v) is 15.3. The van der Waals surface area contributed by atoms with Gasteiger partial charge in [0.2, 0.25) is 0 Å². The molecule has 0 bridgehead atoms. The van der Waals surface area contributed by atoms with Crippen molar-refractivity contribution in [3.63, 3.8) is 0 Å². The molecule has 0 spiro atoms. The molecule has 0 aromatic carbocycles. The van der Waals surface area contributed by atoms with Gasteiger partial charge < -0.3 is 0 Å². The smallest absolute Gasteiger partial charge is 0.170 e. The minimum absolute atomic E-state index is 0.212. The van der Waals surface area contributed by atoms with Gasteiger partial charge in [-0.15, -0.1) is 0 Å². The standard InChI is InChI=1S/C16H31F3S2/c1-4-6-8-10-12-14(13-11-9-7-5-2)15(21-20-3)16(17,18)19/h14-15H,4-13H2,1-3H3. The molecule has 0 heterocycles. The lowest BCUT2D eigenvalue weighted by atomic mass is 9.91. The Morgan fingerprint density at radius 3 is 1.62 bits per heavy atom. The molecule has 0 aromatic rings. The third-order valence-electron chi connectivity index (χ3n) is 3.81. The van der Waals surface area contributed by atoms with E-state index in [1.165, 1.54) is 10.8 Å². The van der Waals surface area contributed by atoms with Crippen LogP contribution >= 0.6 is 21.6 Å². The van der Waals surface area contributed by atoms with Crippen LogP contribution in [0.1, 0.15) is 78.1 Å². The van der Waals surface area contributed by atoms with Crippen LogP contribution < -0.4 is 0 Å². The monoisotopic (exact) mass is 344 g/mol. The molecule has 0 radical (unpaired) electrons. The average Bonchev–Trinajstić information content (AvgIpc) is 2.42. The van der Waals surface area contributed by atoms with Gasteiger partial charge >= 0.3 is 6.18 Å². The molecule has 0 saturated carbocycles. The molecule has 0 aromatic heterocycles. The van der Waals surface area contributed by atoms with E-state index in [0.717, 1.165) is 75.0 Å². The molecule has 5 heteroatoms. The van der Waals surface area contributed by atoms with Gasteiger partial charge in [-0.25, -0.2) is 0 Å². The summed E-state index contributed by atoms with van der Waals surface area (Å²) < 4.78 is 39.8. The molecule has 1 atom stereocenters. The first-order valence-corrected chi connectivity index (χ1v) is 10.9. The number of hydrogen-bond donors (Lipinski definition) is 0. The molecular formula is C16H31F3S2. The fourth-order valence-corrected chi connectivity index (χ4v) is 4.78.